The molecule has 7 nitrogen and oxygen atoms in total. The molecule has 0 bridgehead atoms. The Hall–Kier alpha value is -3.61. The predicted molar refractivity (Wildman–Crippen MR) is 91.6 cm³/mol. The van der Waals surface area contributed by atoms with Crippen LogP contribution in [0.3, 0.4) is 0 Å². The van der Waals surface area contributed by atoms with E-state index in [-0.39, 0.29) is 12.7 Å². The average molecular weight is 334 g/mol. The van der Waals surface area contributed by atoms with Crippen LogP contribution in [0.15, 0.2) is 59.7 Å². The Morgan fingerprint density at radius 3 is 2.84 bits per heavy atom. The van der Waals surface area contributed by atoms with Crippen LogP contribution in [0.1, 0.15) is 16.1 Å². The van der Waals surface area contributed by atoms with Gasteiger partial charge in [-0.25, -0.2) is 5.43 Å². The Morgan fingerprint density at radius 1 is 1.12 bits per heavy atom. The molecule has 1 amide bonds. The van der Waals surface area contributed by atoms with E-state index in [9.17, 15) is 4.79 Å². The number of ether oxygens (including phenoxy) is 2. The lowest BCUT2D eigenvalue weighted by Gasteiger charge is -1.98. The molecular weight excluding hydrogens is 320 g/mol. The molecule has 0 spiro atoms. The van der Waals surface area contributed by atoms with Crippen molar-refractivity contribution in [2.45, 2.75) is 0 Å². The summed E-state index contributed by atoms with van der Waals surface area (Å²) in [5.41, 5.74) is 5.22. The number of nitrogens with one attached hydrogen (secondary N) is 2. The van der Waals surface area contributed by atoms with E-state index in [1.807, 2.05) is 36.4 Å². The summed E-state index contributed by atoms with van der Waals surface area (Å²) < 4.78 is 10.5. The lowest BCUT2D eigenvalue weighted by Crippen LogP contribution is -2.17. The van der Waals surface area contributed by atoms with Crippen molar-refractivity contribution < 1.29 is 14.3 Å². The van der Waals surface area contributed by atoms with E-state index in [1.54, 1.807) is 18.2 Å². The molecule has 0 saturated carbocycles. The summed E-state index contributed by atoms with van der Waals surface area (Å²) in [6.07, 6.45) is 1.54. The second-order valence-electron chi connectivity index (χ2n) is 5.34. The standard InChI is InChI=1S/C18H14N4O3/c23-18(15-9-14(20-21-15)13-4-2-1-3-5-13)22-19-10-12-6-7-16-17(8-12)25-11-24-16/h1-10H,11H2,(H,20,21)(H,22,23). The smallest absolute Gasteiger partial charge is 0.289 e. The van der Waals surface area contributed by atoms with Gasteiger partial charge in [-0.3, -0.25) is 9.89 Å². The Bertz CT molecular complexity index is 935. The first-order valence-corrected chi connectivity index (χ1v) is 7.63. The van der Waals surface area contributed by atoms with Crippen LogP contribution in [-0.2, 0) is 0 Å². The van der Waals surface area contributed by atoms with Crippen molar-refractivity contribution in [3.8, 4) is 22.8 Å². The van der Waals surface area contributed by atoms with E-state index >= 15 is 0 Å². The number of hydrogen-bond donors (Lipinski definition) is 2. The van der Waals surface area contributed by atoms with Crippen molar-refractivity contribution in [2.24, 2.45) is 5.10 Å². The predicted octanol–water partition coefficient (Wildman–Crippen LogP) is 2.57. The van der Waals surface area contributed by atoms with Gasteiger partial charge in [-0.2, -0.15) is 10.2 Å². The Labute approximate surface area is 143 Å². The number of amides is 1. The van der Waals surface area contributed by atoms with E-state index < -0.39 is 0 Å². The molecule has 1 aliphatic heterocycles. The van der Waals surface area contributed by atoms with Gasteiger partial charge in [0.25, 0.3) is 5.91 Å². The highest BCUT2D eigenvalue weighted by Gasteiger charge is 2.13. The van der Waals surface area contributed by atoms with Crippen molar-refractivity contribution in [3.05, 3.63) is 65.9 Å². The summed E-state index contributed by atoms with van der Waals surface area (Å²) in [4.78, 5) is 12.1. The van der Waals surface area contributed by atoms with E-state index in [2.05, 4.69) is 20.7 Å². The molecule has 7 heteroatoms. The number of hydrogen-bond acceptors (Lipinski definition) is 5. The summed E-state index contributed by atoms with van der Waals surface area (Å²) in [5, 5.41) is 10.8. The van der Waals surface area contributed by atoms with Gasteiger partial charge >= 0.3 is 0 Å². The van der Waals surface area contributed by atoms with Crippen molar-refractivity contribution in [2.75, 3.05) is 6.79 Å². The maximum absolute atomic E-state index is 12.1. The molecule has 25 heavy (non-hydrogen) atoms. The second kappa shape index (κ2) is 6.48. The van der Waals surface area contributed by atoms with Crippen LogP contribution < -0.4 is 14.9 Å². The van der Waals surface area contributed by atoms with Gasteiger partial charge in [-0.15, -0.1) is 0 Å². The van der Waals surface area contributed by atoms with Crippen LogP contribution in [0.2, 0.25) is 0 Å². The lowest BCUT2D eigenvalue weighted by atomic mass is 10.1. The van der Waals surface area contributed by atoms with Crippen LogP contribution >= 0.6 is 0 Å². The number of carbonyl (C=O) groups excluding carboxylic acids is 1. The highest BCUT2D eigenvalue weighted by molar-refractivity contribution is 5.94. The molecule has 124 valence electrons. The van der Waals surface area contributed by atoms with Crippen molar-refractivity contribution >= 4 is 12.1 Å². The molecule has 3 aromatic rings. The highest BCUT2D eigenvalue weighted by Crippen LogP contribution is 2.31. The normalized spacial score (nSPS) is 12.5. The van der Waals surface area contributed by atoms with Crippen molar-refractivity contribution in [3.63, 3.8) is 0 Å². The van der Waals surface area contributed by atoms with Crippen molar-refractivity contribution in [1.82, 2.24) is 15.6 Å². The zero-order valence-corrected chi connectivity index (χ0v) is 13.1. The fraction of sp³-hybridized carbons (Fsp3) is 0.0556. The lowest BCUT2D eigenvalue weighted by molar-refractivity contribution is 0.0950. The summed E-state index contributed by atoms with van der Waals surface area (Å²) in [6.45, 7) is 0.218. The minimum atomic E-state index is -0.369. The number of aromatic nitrogens is 2. The number of H-pyrrole nitrogens is 1. The van der Waals surface area contributed by atoms with Gasteiger partial charge < -0.3 is 9.47 Å². The van der Waals surface area contributed by atoms with Gasteiger partial charge in [0.15, 0.2) is 11.5 Å². The quantitative estimate of drug-likeness (QED) is 0.567. The number of aromatic amines is 1. The van der Waals surface area contributed by atoms with E-state index in [0.717, 1.165) is 11.1 Å². The number of fused-ring (bicyclic) bond motifs is 1. The first-order valence-electron chi connectivity index (χ1n) is 7.63. The Kier molecular flexibility index (Phi) is 3.88. The molecule has 0 unspecified atom stereocenters. The van der Waals surface area contributed by atoms with Gasteiger partial charge in [0.2, 0.25) is 6.79 Å². The Morgan fingerprint density at radius 2 is 1.96 bits per heavy atom. The third-order valence-electron chi connectivity index (χ3n) is 3.67. The molecule has 1 aliphatic rings. The number of nitrogens with zero attached hydrogens (tertiary/aromatic N) is 2. The van der Waals surface area contributed by atoms with Gasteiger partial charge in [0.1, 0.15) is 5.69 Å². The molecule has 4 rings (SSSR count). The van der Waals surface area contributed by atoms with Gasteiger partial charge in [0, 0.05) is 5.56 Å². The topological polar surface area (TPSA) is 88.6 Å². The molecule has 1 aromatic heterocycles. The first-order chi connectivity index (χ1) is 12.3. The fourth-order valence-electron chi connectivity index (χ4n) is 2.41. The largest absolute Gasteiger partial charge is 0.454 e. The SMILES string of the molecule is O=C(NN=Cc1ccc2c(c1)OCO2)c1cc(-c2ccccc2)n[nH]1. The number of benzene rings is 2. The van der Waals surface area contributed by atoms with Gasteiger partial charge in [0.05, 0.1) is 11.9 Å². The van der Waals surface area contributed by atoms with Crippen LogP contribution in [-0.4, -0.2) is 29.1 Å². The van der Waals surface area contributed by atoms with Crippen molar-refractivity contribution in [1.29, 1.82) is 0 Å². The molecule has 2 heterocycles. The monoisotopic (exact) mass is 334 g/mol. The summed E-state index contributed by atoms with van der Waals surface area (Å²) in [7, 11) is 0. The number of hydrazone groups is 1. The molecule has 0 radical (unpaired) electrons. The van der Waals surface area contributed by atoms with E-state index in [1.165, 1.54) is 6.21 Å². The summed E-state index contributed by atoms with van der Waals surface area (Å²) in [6, 6.07) is 16.7. The molecule has 2 aromatic carbocycles. The van der Waals surface area contributed by atoms with Crippen LogP contribution in [0.25, 0.3) is 11.3 Å². The fourth-order valence-corrected chi connectivity index (χ4v) is 2.41. The van der Waals surface area contributed by atoms with Gasteiger partial charge in [-0.05, 0) is 29.8 Å². The maximum Gasteiger partial charge on any atom is 0.289 e. The molecule has 0 atom stereocenters. The van der Waals surface area contributed by atoms with Gasteiger partial charge in [-0.1, -0.05) is 30.3 Å². The minimum absolute atomic E-state index is 0.218. The third kappa shape index (κ3) is 3.20. The van der Waals surface area contributed by atoms with E-state index in [4.69, 9.17) is 9.47 Å². The molecular formula is C18H14N4O3. The minimum Gasteiger partial charge on any atom is -0.454 e. The molecule has 0 saturated heterocycles. The third-order valence-corrected chi connectivity index (χ3v) is 3.67. The Balaban J connectivity index is 1.41. The highest BCUT2D eigenvalue weighted by atomic mass is 16.7. The second-order valence-corrected chi connectivity index (χ2v) is 5.34. The van der Waals surface area contributed by atoms with Crippen LogP contribution in [0.4, 0.5) is 0 Å². The number of carbonyl (C=O) groups is 1. The zero-order chi connectivity index (χ0) is 17.1. The number of rotatable bonds is 4. The first kappa shape index (κ1) is 14.9. The summed E-state index contributed by atoms with van der Waals surface area (Å²) >= 11 is 0. The average Bonchev–Trinajstić information content (AvgIpc) is 3.31. The van der Waals surface area contributed by atoms with Crippen LogP contribution in [0.5, 0.6) is 11.5 Å². The molecule has 0 fully saturated rings. The molecule has 2 N–H and O–H groups in total. The zero-order valence-electron chi connectivity index (χ0n) is 13.1. The summed E-state index contributed by atoms with van der Waals surface area (Å²) in [5.74, 6) is 0.995. The van der Waals surface area contributed by atoms with E-state index in [0.29, 0.717) is 22.9 Å². The van der Waals surface area contributed by atoms with Crippen LogP contribution in [0, 0.1) is 0 Å². The molecule has 0 aliphatic carbocycles. The maximum atomic E-state index is 12.1.